The number of hydrogen-bond donors (Lipinski definition) is 0. The summed E-state index contributed by atoms with van der Waals surface area (Å²) in [5.41, 5.74) is 0. The average molecular weight is 474 g/mol. The quantitative estimate of drug-likeness (QED) is 0.542. The third-order valence-electron chi connectivity index (χ3n) is 3.94. The number of ether oxygens (including phenoxy) is 5. The van der Waals surface area contributed by atoms with Crippen LogP contribution >= 0.6 is 31.9 Å². The van der Waals surface area contributed by atoms with E-state index >= 15 is 0 Å². The van der Waals surface area contributed by atoms with Crippen molar-refractivity contribution in [2.45, 2.75) is 84.6 Å². The molecule has 2 aliphatic heterocycles. The maximum Gasteiger partial charge on any atom is 0.188 e. The predicted octanol–water partition coefficient (Wildman–Crippen LogP) is 4.92. The summed E-state index contributed by atoms with van der Waals surface area (Å²) < 4.78 is 30.3. The van der Waals surface area contributed by atoms with E-state index in [4.69, 9.17) is 23.7 Å². The molecule has 0 aromatic heterocycles. The number of rotatable bonds is 4. The first kappa shape index (κ1) is 22.5. The second kappa shape index (κ2) is 8.93. The molecule has 24 heavy (non-hydrogen) atoms. The Balaban J connectivity index is 0.00000139. The number of fused-ring (bicyclic) bond motifs is 1. The van der Waals surface area contributed by atoms with Gasteiger partial charge >= 0.3 is 0 Å². The molecule has 2 saturated heterocycles. The van der Waals surface area contributed by atoms with Crippen LogP contribution in [0, 0.1) is 5.92 Å². The van der Waals surface area contributed by atoms with Crippen molar-refractivity contribution >= 4 is 31.9 Å². The fourth-order valence-corrected chi connectivity index (χ4v) is 3.27. The lowest BCUT2D eigenvalue weighted by Gasteiger charge is -2.43. The highest BCUT2D eigenvalue weighted by Gasteiger charge is 2.53. The van der Waals surface area contributed by atoms with Crippen LogP contribution in [0.4, 0.5) is 0 Å². The molecule has 2 aliphatic rings. The van der Waals surface area contributed by atoms with E-state index in [0.717, 1.165) is 3.39 Å². The van der Waals surface area contributed by atoms with Crippen LogP contribution in [0.25, 0.3) is 0 Å². The molecule has 0 radical (unpaired) electrons. The zero-order valence-electron chi connectivity index (χ0n) is 15.8. The summed E-state index contributed by atoms with van der Waals surface area (Å²) in [5.74, 6) is -1.29. The third kappa shape index (κ3) is 5.76. The van der Waals surface area contributed by atoms with Gasteiger partial charge in [-0.2, -0.15) is 0 Å². The minimum absolute atomic E-state index is 0.0792. The van der Waals surface area contributed by atoms with Gasteiger partial charge in [0, 0.05) is 13.0 Å². The molecule has 0 aromatic rings. The monoisotopic (exact) mass is 472 g/mol. The number of halogens is 2. The molecule has 5 nitrogen and oxygen atoms in total. The van der Waals surface area contributed by atoms with Crippen LogP contribution < -0.4 is 0 Å². The van der Waals surface area contributed by atoms with E-state index in [0.29, 0.717) is 0 Å². The van der Waals surface area contributed by atoms with Gasteiger partial charge < -0.3 is 23.7 Å². The second-order valence-corrected chi connectivity index (χ2v) is 9.34. The molecule has 0 unspecified atom stereocenters. The van der Waals surface area contributed by atoms with Crippen molar-refractivity contribution in [2.24, 2.45) is 5.92 Å². The van der Waals surface area contributed by atoms with E-state index in [-0.39, 0.29) is 24.2 Å². The third-order valence-corrected chi connectivity index (χ3v) is 4.47. The molecule has 5 atom stereocenters. The van der Waals surface area contributed by atoms with Crippen LogP contribution in [0.1, 0.15) is 48.5 Å². The topological polar surface area (TPSA) is 46.2 Å². The minimum atomic E-state index is -0.713. The van der Waals surface area contributed by atoms with Gasteiger partial charge in [-0.15, -0.1) is 0 Å². The molecule has 0 bridgehead atoms. The molecular weight excluding hydrogens is 444 g/mol. The van der Waals surface area contributed by atoms with Gasteiger partial charge in [-0.1, -0.05) is 20.8 Å². The van der Waals surface area contributed by atoms with E-state index in [1.807, 2.05) is 47.6 Å². The van der Waals surface area contributed by atoms with E-state index < -0.39 is 17.9 Å². The fraction of sp³-hybridized carbons (Fsp3) is 0.882. The highest BCUT2D eigenvalue weighted by Crippen LogP contribution is 2.42. The molecule has 142 valence electrons. The molecule has 2 rings (SSSR count). The van der Waals surface area contributed by atoms with Crippen LogP contribution in [0.2, 0.25) is 0 Å². The molecule has 0 spiro atoms. The van der Waals surface area contributed by atoms with Crippen LogP contribution in [0.5, 0.6) is 0 Å². The first-order chi connectivity index (χ1) is 11.0. The molecule has 0 aliphatic carbocycles. The Morgan fingerprint density at radius 2 is 1.75 bits per heavy atom. The second-order valence-electron chi connectivity index (χ2n) is 6.57. The van der Waals surface area contributed by atoms with Crippen molar-refractivity contribution in [1.82, 2.24) is 0 Å². The summed E-state index contributed by atoms with van der Waals surface area (Å²) in [7, 11) is 1.63. The average Bonchev–Trinajstić information content (AvgIpc) is 2.79. The lowest BCUT2D eigenvalue weighted by atomic mass is 9.90. The number of methoxy groups -OCH3 is 1. The normalized spacial score (nSPS) is 34.8. The summed E-state index contributed by atoms with van der Waals surface area (Å²) in [6.45, 7) is 13.6. The van der Waals surface area contributed by atoms with Gasteiger partial charge in [0.05, 0.1) is 9.50 Å². The van der Waals surface area contributed by atoms with E-state index in [9.17, 15) is 0 Å². The molecule has 2 heterocycles. The Bertz CT molecular complexity index is 435. The molecular formula is C17H30Br2O5. The Morgan fingerprint density at radius 1 is 1.17 bits per heavy atom. The standard InChI is InChI=1S/C15H24Br2O5.C2H6/c1-8-11(20-14(2,3)18-6)9(7-10(16)17)19-13-12(8)21-15(4,5)22-13;1-2/h7-9,11-13H,1-6H3;1-2H3/t8-,9+,11+,12+,13+;/m1./s1. The Kier molecular flexibility index (Phi) is 8.39. The van der Waals surface area contributed by atoms with E-state index in [1.165, 1.54) is 0 Å². The summed E-state index contributed by atoms with van der Waals surface area (Å²) in [5, 5.41) is 0. The summed E-state index contributed by atoms with van der Waals surface area (Å²) in [6, 6.07) is 0. The summed E-state index contributed by atoms with van der Waals surface area (Å²) >= 11 is 6.78. The highest BCUT2D eigenvalue weighted by atomic mass is 79.9. The van der Waals surface area contributed by atoms with Crippen molar-refractivity contribution in [3.05, 3.63) is 9.47 Å². The largest absolute Gasteiger partial charge is 0.354 e. The van der Waals surface area contributed by atoms with Crippen molar-refractivity contribution in [3.63, 3.8) is 0 Å². The van der Waals surface area contributed by atoms with Gasteiger partial charge in [0.25, 0.3) is 0 Å². The predicted molar refractivity (Wildman–Crippen MR) is 101 cm³/mol. The van der Waals surface area contributed by atoms with Gasteiger partial charge in [-0.05, 0) is 65.6 Å². The molecule has 2 fully saturated rings. The zero-order chi connectivity index (χ0) is 18.7. The maximum atomic E-state index is 6.16. The molecule has 0 N–H and O–H groups in total. The van der Waals surface area contributed by atoms with Crippen molar-refractivity contribution in [1.29, 1.82) is 0 Å². The Labute approximate surface area is 162 Å². The van der Waals surface area contributed by atoms with Crippen molar-refractivity contribution < 1.29 is 23.7 Å². The van der Waals surface area contributed by atoms with E-state index in [2.05, 4.69) is 38.8 Å². The fourth-order valence-electron chi connectivity index (χ4n) is 2.75. The SMILES string of the molecule is CC.COC(C)(C)O[C@H]1[C@@H](C)[C@@H]2OC(C)(C)O[C@@H]2O[C@H]1C=C(Br)Br. The van der Waals surface area contributed by atoms with Gasteiger partial charge in [0.1, 0.15) is 12.2 Å². The van der Waals surface area contributed by atoms with Crippen LogP contribution in [0.15, 0.2) is 9.47 Å². The Hall–Kier alpha value is 0.500. The molecule has 0 amide bonds. The van der Waals surface area contributed by atoms with Crippen LogP contribution in [0.3, 0.4) is 0 Å². The van der Waals surface area contributed by atoms with Crippen molar-refractivity contribution in [2.75, 3.05) is 7.11 Å². The van der Waals surface area contributed by atoms with Crippen LogP contribution in [-0.2, 0) is 23.7 Å². The van der Waals surface area contributed by atoms with Gasteiger partial charge in [0.2, 0.25) is 0 Å². The maximum absolute atomic E-state index is 6.16. The Morgan fingerprint density at radius 3 is 2.25 bits per heavy atom. The van der Waals surface area contributed by atoms with Crippen molar-refractivity contribution in [3.8, 4) is 0 Å². The van der Waals surface area contributed by atoms with Gasteiger partial charge in [-0.25, -0.2) is 0 Å². The summed E-state index contributed by atoms with van der Waals surface area (Å²) in [6.07, 6.45) is 0.830. The van der Waals surface area contributed by atoms with E-state index in [1.54, 1.807) is 7.11 Å². The molecule has 0 aromatic carbocycles. The minimum Gasteiger partial charge on any atom is -0.354 e. The first-order valence-corrected chi connectivity index (χ1v) is 9.90. The highest BCUT2D eigenvalue weighted by molar-refractivity contribution is 9.28. The lowest BCUT2D eigenvalue weighted by Crippen LogP contribution is -2.54. The van der Waals surface area contributed by atoms with Gasteiger partial charge in [0.15, 0.2) is 17.9 Å². The first-order valence-electron chi connectivity index (χ1n) is 8.31. The molecule has 7 heteroatoms. The van der Waals surface area contributed by atoms with Crippen LogP contribution in [-0.4, -0.2) is 43.3 Å². The lowest BCUT2D eigenvalue weighted by molar-refractivity contribution is -0.292. The smallest absolute Gasteiger partial charge is 0.188 e. The zero-order valence-corrected chi connectivity index (χ0v) is 18.9. The molecule has 0 saturated carbocycles. The number of hydrogen-bond acceptors (Lipinski definition) is 5. The van der Waals surface area contributed by atoms with Gasteiger partial charge in [-0.3, -0.25) is 0 Å². The summed E-state index contributed by atoms with van der Waals surface area (Å²) in [4.78, 5) is 0.